The van der Waals surface area contributed by atoms with E-state index in [0.717, 1.165) is 26.1 Å². The van der Waals surface area contributed by atoms with E-state index in [1.807, 2.05) is 13.8 Å². The summed E-state index contributed by atoms with van der Waals surface area (Å²) in [6, 6.07) is 0. The maximum Gasteiger partial charge on any atom is 0.0626 e. The number of methoxy groups -OCH3 is 1. The Morgan fingerprint density at radius 3 is 2.57 bits per heavy atom. The Bertz CT molecular complexity index is 123. The third-order valence-electron chi connectivity index (χ3n) is 1.71. The lowest BCUT2D eigenvalue weighted by Gasteiger charge is -2.10. The van der Waals surface area contributed by atoms with Gasteiger partial charge in [0.15, 0.2) is 0 Å². The van der Waals surface area contributed by atoms with Crippen molar-refractivity contribution < 1.29 is 9.47 Å². The van der Waals surface area contributed by atoms with Gasteiger partial charge in [0.2, 0.25) is 0 Å². The van der Waals surface area contributed by atoms with Gasteiger partial charge >= 0.3 is 0 Å². The Labute approximate surface area is 92.1 Å². The zero-order valence-electron chi connectivity index (χ0n) is 9.38. The summed E-state index contributed by atoms with van der Waals surface area (Å²) in [5.41, 5.74) is 0. The highest BCUT2D eigenvalue weighted by Crippen LogP contribution is 2.00. The first-order valence-electron chi connectivity index (χ1n) is 5.12. The van der Waals surface area contributed by atoms with Crippen LogP contribution < -0.4 is 5.32 Å². The van der Waals surface area contributed by atoms with Gasteiger partial charge in [0.05, 0.1) is 24.7 Å². The molecule has 0 heterocycles. The summed E-state index contributed by atoms with van der Waals surface area (Å²) in [5, 5.41) is 3.37. The number of hydrogen-bond donors (Lipinski definition) is 1. The van der Waals surface area contributed by atoms with Crippen molar-refractivity contribution in [1.29, 1.82) is 0 Å². The lowest BCUT2D eigenvalue weighted by molar-refractivity contribution is 0.0808. The van der Waals surface area contributed by atoms with Crippen molar-refractivity contribution in [3.05, 3.63) is 0 Å². The minimum Gasteiger partial charge on any atom is -0.383 e. The Morgan fingerprint density at radius 1 is 1.29 bits per heavy atom. The summed E-state index contributed by atoms with van der Waals surface area (Å²) < 4.78 is 10.3. The van der Waals surface area contributed by atoms with Gasteiger partial charge in [-0.1, -0.05) is 0 Å². The summed E-state index contributed by atoms with van der Waals surface area (Å²) in [7, 11) is 1.67. The molecule has 0 aromatic carbocycles. The number of nitrogens with one attached hydrogen (secondary N) is 1. The topological polar surface area (TPSA) is 30.5 Å². The van der Waals surface area contributed by atoms with Crippen molar-refractivity contribution in [3.8, 4) is 0 Å². The van der Waals surface area contributed by atoms with Gasteiger partial charge in [-0.2, -0.15) is 0 Å². The minimum atomic E-state index is 0.110. The molecular formula is C10H22ClNO2. The summed E-state index contributed by atoms with van der Waals surface area (Å²) >= 11 is 5.95. The molecular weight excluding hydrogens is 202 g/mol. The van der Waals surface area contributed by atoms with Gasteiger partial charge in [0.1, 0.15) is 0 Å². The molecule has 0 bridgehead atoms. The van der Waals surface area contributed by atoms with Crippen LogP contribution in [0.5, 0.6) is 0 Å². The molecule has 0 aromatic heterocycles. The molecule has 4 heteroatoms. The van der Waals surface area contributed by atoms with Crippen LogP contribution in [0.2, 0.25) is 0 Å². The molecule has 14 heavy (non-hydrogen) atoms. The molecule has 0 aliphatic carbocycles. The summed E-state index contributed by atoms with van der Waals surface area (Å²) in [6.07, 6.45) is 1.24. The van der Waals surface area contributed by atoms with E-state index in [9.17, 15) is 0 Å². The standard InChI is InChI=1S/C10H22ClNO2/c1-9(2)14-7-6-12-5-4-10(11)8-13-3/h9-10,12H,4-8H2,1-3H3. The lowest BCUT2D eigenvalue weighted by atomic mass is 10.3. The van der Waals surface area contributed by atoms with Crippen molar-refractivity contribution in [1.82, 2.24) is 5.32 Å². The number of ether oxygens (including phenoxy) is 2. The summed E-state index contributed by atoms with van der Waals surface area (Å²) in [6.45, 7) is 7.25. The smallest absolute Gasteiger partial charge is 0.0626 e. The van der Waals surface area contributed by atoms with E-state index in [-0.39, 0.29) is 5.38 Å². The Morgan fingerprint density at radius 2 is 2.00 bits per heavy atom. The van der Waals surface area contributed by atoms with E-state index in [1.54, 1.807) is 7.11 Å². The lowest BCUT2D eigenvalue weighted by Crippen LogP contribution is -2.25. The van der Waals surface area contributed by atoms with Gasteiger partial charge in [-0.3, -0.25) is 0 Å². The number of hydrogen-bond acceptors (Lipinski definition) is 3. The van der Waals surface area contributed by atoms with E-state index < -0.39 is 0 Å². The third-order valence-corrected chi connectivity index (χ3v) is 2.06. The van der Waals surface area contributed by atoms with Crippen LogP contribution in [0.25, 0.3) is 0 Å². The molecule has 0 spiro atoms. The van der Waals surface area contributed by atoms with Crippen LogP contribution in [0.3, 0.4) is 0 Å². The second-order valence-corrected chi connectivity index (χ2v) is 4.13. The number of alkyl halides is 1. The molecule has 1 N–H and O–H groups in total. The maximum atomic E-state index is 5.95. The monoisotopic (exact) mass is 223 g/mol. The van der Waals surface area contributed by atoms with E-state index in [0.29, 0.717) is 12.7 Å². The molecule has 0 amide bonds. The predicted molar refractivity (Wildman–Crippen MR) is 60.1 cm³/mol. The van der Waals surface area contributed by atoms with Gasteiger partial charge in [-0.05, 0) is 26.8 Å². The van der Waals surface area contributed by atoms with Gasteiger partial charge in [-0.15, -0.1) is 11.6 Å². The summed E-state index contributed by atoms with van der Waals surface area (Å²) in [5.74, 6) is 0. The first-order valence-corrected chi connectivity index (χ1v) is 5.55. The second-order valence-electron chi connectivity index (χ2n) is 3.51. The average Bonchev–Trinajstić information content (AvgIpc) is 2.11. The van der Waals surface area contributed by atoms with E-state index >= 15 is 0 Å². The van der Waals surface area contributed by atoms with Crippen molar-refractivity contribution >= 4 is 11.6 Å². The highest BCUT2D eigenvalue weighted by Gasteiger charge is 2.02. The molecule has 0 aliphatic heterocycles. The molecule has 1 atom stereocenters. The van der Waals surface area contributed by atoms with Crippen LogP contribution >= 0.6 is 11.6 Å². The molecule has 0 rings (SSSR count). The maximum absolute atomic E-state index is 5.95. The van der Waals surface area contributed by atoms with E-state index in [1.165, 1.54) is 0 Å². The summed E-state index contributed by atoms with van der Waals surface area (Å²) in [4.78, 5) is 0. The van der Waals surface area contributed by atoms with Gasteiger partial charge in [0, 0.05) is 13.7 Å². The zero-order chi connectivity index (χ0) is 10.8. The highest BCUT2D eigenvalue weighted by molar-refractivity contribution is 6.20. The van der Waals surface area contributed by atoms with E-state index in [4.69, 9.17) is 21.1 Å². The first-order chi connectivity index (χ1) is 6.66. The van der Waals surface area contributed by atoms with Crippen molar-refractivity contribution in [3.63, 3.8) is 0 Å². The van der Waals surface area contributed by atoms with Crippen LogP contribution in [0.4, 0.5) is 0 Å². The van der Waals surface area contributed by atoms with Gasteiger partial charge < -0.3 is 14.8 Å². The van der Waals surface area contributed by atoms with Crippen molar-refractivity contribution in [2.45, 2.75) is 31.7 Å². The third kappa shape index (κ3) is 10.3. The van der Waals surface area contributed by atoms with Gasteiger partial charge in [0.25, 0.3) is 0 Å². The molecule has 3 nitrogen and oxygen atoms in total. The van der Waals surface area contributed by atoms with Crippen LogP contribution in [-0.2, 0) is 9.47 Å². The minimum absolute atomic E-state index is 0.110. The Kier molecular flexibility index (Phi) is 9.83. The predicted octanol–water partition coefficient (Wildman–Crippen LogP) is 1.64. The zero-order valence-corrected chi connectivity index (χ0v) is 10.1. The normalized spacial score (nSPS) is 13.5. The molecule has 0 radical (unpaired) electrons. The molecule has 0 saturated heterocycles. The molecule has 0 aliphatic rings. The number of rotatable bonds is 9. The van der Waals surface area contributed by atoms with Crippen LogP contribution in [0.1, 0.15) is 20.3 Å². The van der Waals surface area contributed by atoms with E-state index in [2.05, 4.69) is 5.32 Å². The molecule has 0 saturated carbocycles. The molecule has 1 unspecified atom stereocenters. The fourth-order valence-electron chi connectivity index (χ4n) is 1.01. The molecule has 0 aromatic rings. The average molecular weight is 224 g/mol. The van der Waals surface area contributed by atoms with Crippen LogP contribution in [-0.4, -0.2) is 44.9 Å². The fourth-order valence-corrected chi connectivity index (χ4v) is 1.25. The fraction of sp³-hybridized carbons (Fsp3) is 1.00. The van der Waals surface area contributed by atoms with Gasteiger partial charge in [-0.25, -0.2) is 0 Å². The van der Waals surface area contributed by atoms with Crippen molar-refractivity contribution in [2.75, 3.05) is 33.4 Å². The molecule has 86 valence electrons. The van der Waals surface area contributed by atoms with Crippen LogP contribution in [0.15, 0.2) is 0 Å². The van der Waals surface area contributed by atoms with Crippen molar-refractivity contribution in [2.24, 2.45) is 0 Å². The number of halogens is 1. The second kappa shape index (κ2) is 9.71. The molecule has 0 fully saturated rings. The first kappa shape index (κ1) is 14.2. The van der Waals surface area contributed by atoms with Crippen LogP contribution in [0, 0.1) is 0 Å². The SMILES string of the molecule is COCC(Cl)CCNCCOC(C)C. The Balaban J connectivity index is 3.05. The Hall–Kier alpha value is 0.170. The quantitative estimate of drug-likeness (QED) is 0.476. The largest absolute Gasteiger partial charge is 0.383 e. The highest BCUT2D eigenvalue weighted by atomic mass is 35.5.